The summed E-state index contributed by atoms with van der Waals surface area (Å²) in [5.74, 6) is -1.04. The zero-order valence-corrected chi connectivity index (χ0v) is 19.5. The molecular formula is C27H30N2O5. The van der Waals surface area contributed by atoms with Crippen molar-refractivity contribution in [3.05, 3.63) is 59.7 Å². The molecule has 2 aromatic rings. The van der Waals surface area contributed by atoms with E-state index in [1.165, 1.54) is 11.1 Å². The third kappa shape index (κ3) is 3.83. The summed E-state index contributed by atoms with van der Waals surface area (Å²) in [6.45, 7) is 4.93. The molecule has 2 N–H and O–H groups in total. The first-order valence-corrected chi connectivity index (χ1v) is 11.9. The lowest BCUT2D eigenvalue weighted by atomic mass is 9.81. The van der Waals surface area contributed by atoms with Crippen molar-refractivity contribution >= 4 is 18.0 Å². The first-order valence-electron chi connectivity index (χ1n) is 11.9. The summed E-state index contributed by atoms with van der Waals surface area (Å²) in [6, 6.07) is 16.4. The third-order valence-electron chi connectivity index (χ3n) is 7.99. The normalized spacial score (nSPS) is 27.1. The van der Waals surface area contributed by atoms with Gasteiger partial charge in [-0.05, 0) is 47.4 Å². The van der Waals surface area contributed by atoms with Gasteiger partial charge in [0.2, 0.25) is 5.91 Å². The molecule has 2 aliphatic carbocycles. The van der Waals surface area contributed by atoms with E-state index in [4.69, 9.17) is 4.74 Å². The molecule has 34 heavy (non-hydrogen) atoms. The topological polar surface area (TPSA) is 95.9 Å². The molecule has 4 atom stereocenters. The van der Waals surface area contributed by atoms with E-state index in [0.29, 0.717) is 19.5 Å². The molecule has 5 rings (SSSR count). The van der Waals surface area contributed by atoms with E-state index >= 15 is 0 Å². The highest BCUT2D eigenvalue weighted by Crippen LogP contribution is 2.45. The van der Waals surface area contributed by atoms with Crippen LogP contribution in [0.5, 0.6) is 0 Å². The van der Waals surface area contributed by atoms with Gasteiger partial charge in [-0.15, -0.1) is 0 Å². The molecule has 1 heterocycles. The van der Waals surface area contributed by atoms with Crippen LogP contribution in [0.4, 0.5) is 4.79 Å². The number of nitrogens with zero attached hydrogens (tertiary/aromatic N) is 1. The van der Waals surface area contributed by atoms with E-state index in [1.807, 2.05) is 31.2 Å². The number of hydrogen-bond acceptors (Lipinski definition) is 4. The maximum Gasteiger partial charge on any atom is 0.407 e. The minimum Gasteiger partial charge on any atom is -0.481 e. The van der Waals surface area contributed by atoms with Gasteiger partial charge < -0.3 is 20.1 Å². The zero-order chi connectivity index (χ0) is 24.0. The Balaban J connectivity index is 1.11. The number of carboxylic acids is 1. The van der Waals surface area contributed by atoms with E-state index in [-0.39, 0.29) is 42.7 Å². The van der Waals surface area contributed by atoms with Gasteiger partial charge in [0.25, 0.3) is 0 Å². The van der Waals surface area contributed by atoms with Crippen LogP contribution in [0.15, 0.2) is 48.5 Å². The van der Waals surface area contributed by atoms with Gasteiger partial charge in [0, 0.05) is 31.5 Å². The van der Waals surface area contributed by atoms with E-state index in [0.717, 1.165) is 11.1 Å². The Morgan fingerprint density at radius 2 is 1.71 bits per heavy atom. The molecule has 2 fully saturated rings. The number of hydrogen-bond donors (Lipinski definition) is 2. The first kappa shape index (κ1) is 22.4. The fraction of sp³-hybridized carbons (Fsp3) is 0.444. The molecule has 1 saturated carbocycles. The van der Waals surface area contributed by atoms with Gasteiger partial charge in [0.15, 0.2) is 0 Å². The number of aliphatic carboxylic acids is 1. The Bertz CT molecular complexity index is 1100. The van der Waals surface area contributed by atoms with Crippen LogP contribution in [0.1, 0.15) is 37.3 Å². The number of nitrogens with one attached hydrogen (secondary N) is 1. The van der Waals surface area contributed by atoms with Gasteiger partial charge in [-0.1, -0.05) is 55.5 Å². The molecule has 1 aliphatic heterocycles. The second-order valence-corrected chi connectivity index (χ2v) is 10.2. The van der Waals surface area contributed by atoms with Crippen molar-refractivity contribution in [1.82, 2.24) is 10.2 Å². The monoisotopic (exact) mass is 462 g/mol. The lowest BCUT2D eigenvalue weighted by Crippen LogP contribution is -2.37. The standard InChI is InChI=1S/C27H30N2O5/c1-16-13-29(15-27(16,2)25(31)32)24(30)22-11-17(22)12-28-26(33)34-14-23-20-9-5-3-7-18(20)19-8-4-6-10-21(19)23/h3-10,16-17,22-23H,11-15H2,1-2H3,(H,28,33)(H,31,32)/t16-,17?,22?,27-/m0/s1. The summed E-state index contributed by atoms with van der Waals surface area (Å²) in [4.78, 5) is 38.5. The summed E-state index contributed by atoms with van der Waals surface area (Å²) in [5.41, 5.74) is 3.79. The fourth-order valence-corrected chi connectivity index (χ4v) is 5.47. The van der Waals surface area contributed by atoms with Gasteiger partial charge in [0.1, 0.15) is 6.61 Å². The van der Waals surface area contributed by atoms with Gasteiger partial charge in [-0.3, -0.25) is 9.59 Å². The number of ether oxygens (including phenoxy) is 1. The average Bonchev–Trinajstić information content (AvgIpc) is 3.45. The van der Waals surface area contributed by atoms with Crippen molar-refractivity contribution in [3.63, 3.8) is 0 Å². The van der Waals surface area contributed by atoms with Gasteiger partial charge in [-0.25, -0.2) is 4.79 Å². The van der Waals surface area contributed by atoms with Crippen molar-refractivity contribution in [2.45, 2.75) is 26.2 Å². The summed E-state index contributed by atoms with van der Waals surface area (Å²) in [6.07, 6.45) is 0.227. The molecule has 3 aliphatic rings. The number of carbonyl (C=O) groups is 3. The lowest BCUT2D eigenvalue weighted by Gasteiger charge is -2.22. The van der Waals surface area contributed by atoms with Crippen LogP contribution in [-0.2, 0) is 14.3 Å². The zero-order valence-electron chi connectivity index (χ0n) is 19.5. The molecule has 0 aromatic heterocycles. The summed E-state index contributed by atoms with van der Waals surface area (Å²) in [5, 5.41) is 12.3. The van der Waals surface area contributed by atoms with Crippen LogP contribution in [-0.4, -0.2) is 54.2 Å². The molecule has 7 nitrogen and oxygen atoms in total. The molecule has 2 unspecified atom stereocenters. The van der Waals surface area contributed by atoms with Crippen LogP contribution in [0, 0.1) is 23.2 Å². The highest BCUT2D eigenvalue weighted by molar-refractivity contribution is 5.84. The Morgan fingerprint density at radius 3 is 2.29 bits per heavy atom. The van der Waals surface area contributed by atoms with Crippen LogP contribution in [0.3, 0.4) is 0 Å². The molecule has 1 saturated heterocycles. The SMILES string of the molecule is C[C@H]1CN(C(=O)C2CC2CNC(=O)OCC2c3ccccc3-c3ccccc32)C[C@]1(C)C(=O)O. The van der Waals surface area contributed by atoms with Crippen LogP contribution in [0.25, 0.3) is 11.1 Å². The molecule has 0 radical (unpaired) electrons. The molecule has 7 heteroatoms. The lowest BCUT2D eigenvalue weighted by molar-refractivity contribution is -0.149. The summed E-state index contributed by atoms with van der Waals surface area (Å²) in [7, 11) is 0. The predicted octanol–water partition coefficient (Wildman–Crippen LogP) is 3.73. The Kier molecular flexibility index (Phi) is 5.58. The average molecular weight is 463 g/mol. The second kappa shape index (κ2) is 8.46. The van der Waals surface area contributed by atoms with E-state index in [9.17, 15) is 19.5 Å². The Hall–Kier alpha value is -3.35. The van der Waals surface area contributed by atoms with E-state index < -0.39 is 17.5 Å². The first-order chi connectivity index (χ1) is 16.3. The quantitative estimate of drug-likeness (QED) is 0.682. The van der Waals surface area contributed by atoms with Crippen molar-refractivity contribution in [2.24, 2.45) is 23.2 Å². The number of rotatable bonds is 6. The van der Waals surface area contributed by atoms with E-state index in [2.05, 4.69) is 29.6 Å². The molecule has 2 aromatic carbocycles. The number of alkyl carbamates (subject to hydrolysis) is 1. The molecule has 178 valence electrons. The third-order valence-corrected chi connectivity index (χ3v) is 7.99. The summed E-state index contributed by atoms with van der Waals surface area (Å²) < 4.78 is 5.57. The number of carbonyl (C=O) groups excluding carboxylic acids is 2. The van der Waals surface area contributed by atoms with Crippen LogP contribution < -0.4 is 5.32 Å². The van der Waals surface area contributed by atoms with Gasteiger partial charge in [0.05, 0.1) is 5.41 Å². The van der Waals surface area contributed by atoms with Gasteiger partial charge in [-0.2, -0.15) is 0 Å². The number of likely N-dealkylation sites (tertiary alicyclic amines) is 1. The number of amides is 2. The predicted molar refractivity (Wildman–Crippen MR) is 126 cm³/mol. The molecule has 2 amide bonds. The Morgan fingerprint density at radius 1 is 1.09 bits per heavy atom. The van der Waals surface area contributed by atoms with Crippen molar-refractivity contribution in [3.8, 4) is 11.1 Å². The number of fused-ring (bicyclic) bond motifs is 3. The summed E-state index contributed by atoms with van der Waals surface area (Å²) >= 11 is 0. The maximum absolute atomic E-state index is 12.8. The smallest absolute Gasteiger partial charge is 0.407 e. The van der Waals surface area contributed by atoms with Crippen LogP contribution in [0.2, 0.25) is 0 Å². The second-order valence-electron chi connectivity index (χ2n) is 10.2. The largest absolute Gasteiger partial charge is 0.481 e. The van der Waals surface area contributed by atoms with E-state index in [1.54, 1.807) is 11.8 Å². The van der Waals surface area contributed by atoms with Crippen molar-refractivity contribution in [2.75, 3.05) is 26.2 Å². The number of benzene rings is 2. The fourth-order valence-electron chi connectivity index (χ4n) is 5.47. The van der Waals surface area contributed by atoms with Gasteiger partial charge >= 0.3 is 12.1 Å². The minimum atomic E-state index is -0.903. The van der Waals surface area contributed by atoms with Crippen molar-refractivity contribution < 1.29 is 24.2 Å². The molecule has 0 spiro atoms. The minimum absolute atomic E-state index is 0.00355. The Labute approximate surface area is 199 Å². The number of carboxylic acid groups (broad SMARTS) is 1. The molecule has 0 bridgehead atoms. The van der Waals surface area contributed by atoms with Crippen LogP contribution >= 0.6 is 0 Å². The molecular weight excluding hydrogens is 432 g/mol. The van der Waals surface area contributed by atoms with Crippen molar-refractivity contribution in [1.29, 1.82) is 0 Å². The highest BCUT2D eigenvalue weighted by Gasteiger charge is 2.52. The maximum atomic E-state index is 12.8. The highest BCUT2D eigenvalue weighted by atomic mass is 16.5.